The molecule has 0 unspecified atom stereocenters. The lowest BCUT2D eigenvalue weighted by Gasteiger charge is -2.25. The van der Waals surface area contributed by atoms with Gasteiger partial charge in [0.15, 0.2) is 0 Å². The number of H-pyrrole nitrogens is 1. The summed E-state index contributed by atoms with van der Waals surface area (Å²) in [5.41, 5.74) is 2.81. The fourth-order valence-corrected chi connectivity index (χ4v) is 5.08. The quantitative estimate of drug-likeness (QED) is 0.724. The summed E-state index contributed by atoms with van der Waals surface area (Å²) in [7, 11) is -3.42. The van der Waals surface area contributed by atoms with Gasteiger partial charge in [-0.1, -0.05) is 30.2 Å². The van der Waals surface area contributed by atoms with Crippen molar-refractivity contribution < 1.29 is 8.42 Å². The average Bonchev–Trinajstić information content (AvgIpc) is 3.06. The molecule has 6 heteroatoms. The van der Waals surface area contributed by atoms with Crippen molar-refractivity contribution >= 4 is 32.5 Å². The number of hydrogen-bond donors (Lipinski definition) is 1. The van der Waals surface area contributed by atoms with Crippen molar-refractivity contribution in [3.8, 4) is 11.3 Å². The summed E-state index contributed by atoms with van der Waals surface area (Å²) >= 11 is 6.07. The highest BCUT2D eigenvalue weighted by Gasteiger charge is 2.26. The average molecular weight is 375 g/mol. The topological polar surface area (TPSA) is 53.2 Å². The van der Waals surface area contributed by atoms with E-state index in [2.05, 4.69) is 4.98 Å². The first-order valence-corrected chi connectivity index (χ1v) is 10.2. The highest BCUT2D eigenvalue weighted by atomic mass is 35.5. The van der Waals surface area contributed by atoms with Crippen LogP contribution in [0.5, 0.6) is 0 Å². The molecule has 2 heterocycles. The normalized spacial score (nSPS) is 16.4. The molecule has 0 saturated carbocycles. The minimum Gasteiger partial charge on any atom is -0.355 e. The van der Waals surface area contributed by atoms with Gasteiger partial charge >= 0.3 is 0 Å². The number of halogens is 1. The van der Waals surface area contributed by atoms with Crippen LogP contribution in [0.2, 0.25) is 5.02 Å². The second-order valence-electron chi connectivity index (χ2n) is 6.41. The van der Waals surface area contributed by atoms with Crippen LogP contribution in [0.1, 0.15) is 19.3 Å². The molecule has 0 spiro atoms. The number of aromatic amines is 1. The lowest BCUT2D eigenvalue weighted by atomic mass is 10.1. The Bertz CT molecular complexity index is 1020. The van der Waals surface area contributed by atoms with E-state index in [1.807, 2.05) is 36.4 Å². The van der Waals surface area contributed by atoms with Crippen LogP contribution < -0.4 is 0 Å². The van der Waals surface area contributed by atoms with E-state index in [0.29, 0.717) is 23.0 Å². The Balaban J connectivity index is 1.73. The molecule has 0 amide bonds. The van der Waals surface area contributed by atoms with Crippen molar-refractivity contribution in [1.82, 2.24) is 9.29 Å². The third kappa shape index (κ3) is 3.19. The number of nitrogens with one attached hydrogen (secondary N) is 1. The van der Waals surface area contributed by atoms with Crippen molar-refractivity contribution in [2.45, 2.75) is 24.2 Å². The fraction of sp³-hybridized carbons (Fsp3) is 0.263. The minimum atomic E-state index is -3.42. The van der Waals surface area contributed by atoms with Crippen LogP contribution in [-0.4, -0.2) is 30.8 Å². The Morgan fingerprint density at radius 3 is 2.52 bits per heavy atom. The van der Waals surface area contributed by atoms with Crippen LogP contribution in [0, 0.1) is 0 Å². The van der Waals surface area contributed by atoms with Gasteiger partial charge in [0.1, 0.15) is 0 Å². The van der Waals surface area contributed by atoms with E-state index in [1.165, 1.54) is 0 Å². The fourth-order valence-electron chi connectivity index (χ4n) is 3.34. The number of benzene rings is 2. The molecule has 25 heavy (non-hydrogen) atoms. The molecule has 1 aliphatic rings. The van der Waals surface area contributed by atoms with Crippen molar-refractivity contribution in [2.24, 2.45) is 0 Å². The molecule has 4 rings (SSSR count). The summed E-state index contributed by atoms with van der Waals surface area (Å²) < 4.78 is 27.3. The van der Waals surface area contributed by atoms with Gasteiger partial charge in [0.05, 0.1) is 4.90 Å². The van der Waals surface area contributed by atoms with Crippen molar-refractivity contribution in [3.05, 3.63) is 53.6 Å². The van der Waals surface area contributed by atoms with Crippen LogP contribution in [0.25, 0.3) is 22.2 Å². The Hall–Kier alpha value is -1.82. The highest BCUT2D eigenvalue weighted by Crippen LogP contribution is 2.29. The smallest absolute Gasteiger partial charge is 0.243 e. The third-order valence-electron chi connectivity index (χ3n) is 4.68. The maximum atomic E-state index is 12.9. The molecule has 0 aliphatic carbocycles. The molecule has 2 aromatic carbocycles. The van der Waals surface area contributed by atoms with Gasteiger partial charge in [0.25, 0.3) is 0 Å². The summed E-state index contributed by atoms with van der Waals surface area (Å²) in [5, 5.41) is 1.55. The van der Waals surface area contributed by atoms with Gasteiger partial charge in [-0.05, 0) is 54.8 Å². The number of aromatic nitrogens is 1. The number of sulfonamides is 1. The Morgan fingerprint density at radius 1 is 0.960 bits per heavy atom. The lowest BCUT2D eigenvalue weighted by molar-refractivity contribution is 0.346. The van der Waals surface area contributed by atoms with Crippen molar-refractivity contribution in [3.63, 3.8) is 0 Å². The van der Waals surface area contributed by atoms with E-state index in [9.17, 15) is 8.42 Å². The zero-order valence-electron chi connectivity index (χ0n) is 13.7. The van der Waals surface area contributed by atoms with E-state index in [0.717, 1.165) is 41.4 Å². The molecule has 130 valence electrons. The molecular formula is C19H19ClN2O2S. The first kappa shape index (κ1) is 16.6. The number of hydrogen-bond acceptors (Lipinski definition) is 2. The molecule has 4 nitrogen and oxygen atoms in total. The standard InChI is InChI=1S/C19H19ClN2O2S/c20-16-6-4-5-14(11-16)19-13-15-12-17(7-8-18(15)21-19)25(23,24)22-9-2-1-3-10-22/h4-8,11-13,21H,1-3,9-10H2. The molecule has 3 aromatic rings. The van der Waals surface area contributed by atoms with Crippen LogP contribution >= 0.6 is 11.6 Å². The van der Waals surface area contributed by atoms with E-state index in [4.69, 9.17) is 11.6 Å². The van der Waals surface area contributed by atoms with Crippen molar-refractivity contribution in [1.29, 1.82) is 0 Å². The zero-order chi connectivity index (χ0) is 17.4. The molecule has 1 saturated heterocycles. The van der Waals surface area contributed by atoms with Gasteiger partial charge in [-0.15, -0.1) is 0 Å². The maximum absolute atomic E-state index is 12.9. The Kier molecular flexibility index (Phi) is 4.31. The molecule has 1 N–H and O–H groups in total. The molecule has 1 fully saturated rings. The van der Waals surface area contributed by atoms with E-state index in [1.54, 1.807) is 16.4 Å². The summed E-state index contributed by atoms with van der Waals surface area (Å²) in [4.78, 5) is 3.69. The van der Waals surface area contributed by atoms with Crippen LogP contribution in [0.4, 0.5) is 0 Å². The minimum absolute atomic E-state index is 0.360. The number of piperidine rings is 1. The molecule has 0 atom stereocenters. The molecular weight excluding hydrogens is 356 g/mol. The van der Waals surface area contributed by atoms with Gasteiger partial charge in [0.2, 0.25) is 10.0 Å². The zero-order valence-corrected chi connectivity index (χ0v) is 15.3. The third-order valence-corrected chi connectivity index (χ3v) is 6.81. The number of nitrogens with zero attached hydrogens (tertiary/aromatic N) is 1. The second kappa shape index (κ2) is 6.48. The molecule has 1 aromatic heterocycles. The first-order chi connectivity index (χ1) is 12.0. The van der Waals surface area contributed by atoms with Gasteiger partial charge in [0, 0.05) is 34.7 Å². The van der Waals surface area contributed by atoms with E-state index in [-0.39, 0.29) is 0 Å². The summed E-state index contributed by atoms with van der Waals surface area (Å²) in [6, 6.07) is 14.8. The van der Waals surface area contributed by atoms with Gasteiger partial charge in [-0.2, -0.15) is 4.31 Å². The number of fused-ring (bicyclic) bond motifs is 1. The molecule has 0 radical (unpaired) electrons. The van der Waals surface area contributed by atoms with E-state index >= 15 is 0 Å². The van der Waals surface area contributed by atoms with Crippen molar-refractivity contribution in [2.75, 3.05) is 13.1 Å². The highest BCUT2D eigenvalue weighted by molar-refractivity contribution is 7.89. The second-order valence-corrected chi connectivity index (χ2v) is 8.78. The largest absolute Gasteiger partial charge is 0.355 e. The van der Waals surface area contributed by atoms with Crippen LogP contribution in [0.3, 0.4) is 0 Å². The Morgan fingerprint density at radius 2 is 1.76 bits per heavy atom. The van der Waals surface area contributed by atoms with E-state index < -0.39 is 10.0 Å². The maximum Gasteiger partial charge on any atom is 0.243 e. The predicted molar refractivity (Wildman–Crippen MR) is 101 cm³/mol. The Labute approximate surface area is 152 Å². The molecule has 1 aliphatic heterocycles. The van der Waals surface area contributed by atoms with Gasteiger partial charge < -0.3 is 4.98 Å². The molecule has 0 bridgehead atoms. The van der Waals surface area contributed by atoms with Crippen LogP contribution in [-0.2, 0) is 10.0 Å². The van der Waals surface area contributed by atoms with Gasteiger partial charge in [-0.25, -0.2) is 8.42 Å². The lowest BCUT2D eigenvalue weighted by Crippen LogP contribution is -2.35. The monoisotopic (exact) mass is 374 g/mol. The van der Waals surface area contributed by atoms with Crippen LogP contribution in [0.15, 0.2) is 53.4 Å². The van der Waals surface area contributed by atoms with Gasteiger partial charge in [-0.3, -0.25) is 0 Å². The summed E-state index contributed by atoms with van der Waals surface area (Å²) in [6.07, 6.45) is 2.97. The predicted octanol–water partition coefficient (Wildman–Crippen LogP) is 4.66. The SMILES string of the molecule is O=S(=O)(c1ccc2[nH]c(-c3cccc(Cl)c3)cc2c1)N1CCCCC1. The summed E-state index contributed by atoms with van der Waals surface area (Å²) in [6.45, 7) is 1.22. The summed E-state index contributed by atoms with van der Waals surface area (Å²) in [5.74, 6) is 0. The first-order valence-electron chi connectivity index (χ1n) is 8.43. The number of rotatable bonds is 3.